The van der Waals surface area contributed by atoms with Crippen LogP contribution in [0.25, 0.3) is 0 Å². The lowest BCUT2D eigenvalue weighted by atomic mass is 10.3. The molecule has 0 aliphatic heterocycles. The Kier molecular flexibility index (Phi) is 4.48. The molecule has 0 radical (unpaired) electrons. The number of aryl methyl sites for hydroxylation is 1. The molecule has 0 saturated heterocycles. The van der Waals surface area contributed by atoms with Gasteiger partial charge in [0, 0.05) is 18.5 Å². The summed E-state index contributed by atoms with van der Waals surface area (Å²) < 4.78 is 25.9. The summed E-state index contributed by atoms with van der Waals surface area (Å²) in [6.45, 7) is 7.44. The van der Waals surface area contributed by atoms with Crippen molar-refractivity contribution >= 4 is 21.4 Å². The summed E-state index contributed by atoms with van der Waals surface area (Å²) in [6.07, 6.45) is 0. The second kappa shape index (κ2) is 5.30. The van der Waals surface area contributed by atoms with Crippen LogP contribution >= 0.6 is 11.3 Å². The van der Waals surface area contributed by atoms with Gasteiger partial charge in [0.05, 0.1) is 6.61 Å². The zero-order chi connectivity index (χ0) is 13.2. The van der Waals surface area contributed by atoms with E-state index in [0.29, 0.717) is 11.4 Å². The van der Waals surface area contributed by atoms with E-state index in [1.165, 1.54) is 11.4 Å². The van der Waals surface area contributed by atoms with E-state index in [1.807, 2.05) is 0 Å². The van der Waals surface area contributed by atoms with Crippen LogP contribution in [0.2, 0.25) is 0 Å². The van der Waals surface area contributed by atoms with Crippen LogP contribution in [0.5, 0.6) is 0 Å². The summed E-state index contributed by atoms with van der Waals surface area (Å²) in [4.78, 5) is 0.687. The van der Waals surface area contributed by atoms with Crippen molar-refractivity contribution in [3.8, 4) is 0 Å². The van der Waals surface area contributed by atoms with E-state index in [9.17, 15) is 8.42 Å². The van der Waals surface area contributed by atoms with E-state index >= 15 is 0 Å². The van der Waals surface area contributed by atoms with Gasteiger partial charge in [-0.1, -0.05) is 12.2 Å². The van der Waals surface area contributed by atoms with Crippen LogP contribution in [0.15, 0.2) is 22.4 Å². The highest BCUT2D eigenvalue weighted by Gasteiger charge is 2.23. The van der Waals surface area contributed by atoms with Crippen LogP contribution in [-0.4, -0.2) is 31.4 Å². The maximum Gasteiger partial charge on any atom is 0.252 e. The Hall–Kier alpha value is -0.690. The van der Waals surface area contributed by atoms with Gasteiger partial charge in [-0.2, -0.15) is 4.31 Å². The van der Waals surface area contributed by atoms with Crippen LogP contribution < -0.4 is 0 Å². The number of likely N-dealkylation sites (N-methyl/N-ethyl adjacent to an activating group) is 1. The molecule has 96 valence electrons. The molecule has 0 atom stereocenters. The summed E-state index contributed by atoms with van der Waals surface area (Å²) >= 11 is 1.11. The highest BCUT2D eigenvalue weighted by molar-refractivity contribution is 7.91. The van der Waals surface area contributed by atoms with E-state index in [0.717, 1.165) is 22.5 Å². The maximum absolute atomic E-state index is 12.2. The molecule has 0 spiro atoms. The van der Waals surface area contributed by atoms with Crippen LogP contribution in [0, 0.1) is 6.92 Å². The number of thiophene rings is 1. The molecule has 0 bridgehead atoms. The molecule has 6 heteroatoms. The van der Waals surface area contributed by atoms with Gasteiger partial charge in [-0.15, -0.1) is 11.3 Å². The largest absolute Gasteiger partial charge is 0.391 e. The third kappa shape index (κ3) is 3.16. The third-order valence-corrected chi connectivity index (χ3v) is 5.77. The third-order valence-electron chi connectivity index (χ3n) is 2.30. The molecule has 0 amide bonds. The lowest BCUT2D eigenvalue weighted by molar-refractivity contribution is 0.285. The van der Waals surface area contributed by atoms with Crippen molar-refractivity contribution in [2.24, 2.45) is 0 Å². The Labute approximate surface area is 106 Å². The van der Waals surface area contributed by atoms with Crippen molar-refractivity contribution in [3.63, 3.8) is 0 Å². The van der Waals surface area contributed by atoms with Crippen LogP contribution in [0.4, 0.5) is 0 Å². The normalized spacial score (nSPS) is 12.1. The fourth-order valence-corrected chi connectivity index (χ4v) is 4.28. The van der Waals surface area contributed by atoms with Crippen LogP contribution in [0.1, 0.15) is 17.4 Å². The van der Waals surface area contributed by atoms with E-state index < -0.39 is 10.0 Å². The van der Waals surface area contributed by atoms with Crippen molar-refractivity contribution in [1.82, 2.24) is 4.31 Å². The summed E-state index contributed by atoms with van der Waals surface area (Å²) in [6, 6.07) is 1.60. The van der Waals surface area contributed by atoms with Crippen molar-refractivity contribution in [2.75, 3.05) is 13.6 Å². The Morgan fingerprint density at radius 1 is 1.59 bits per heavy atom. The minimum atomic E-state index is -3.47. The van der Waals surface area contributed by atoms with Gasteiger partial charge >= 0.3 is 0 Å². The zero-order valence-electron chi connectivity index (χ0n) is 10.2. The zero-order valence-corrected chi connectivity index (χ0v) is 11.9. The molecule has 0 unspecified atom stereocenters. The van der Waals surface area contributed by atoms with Gasteiger partial charge in [0.15, 0.2) is 0 Å². The fourth-order valence-electron chi connectivity index (χ4n) is 1.39. The molecular weight excluding hydrogens is 258 g/mol. The Bertz CT molecular complexity index is 517. The first kappa shape index (κ1) is 14.4. The van der Waals surface area contributed by atoms with Gasteiger partial charge in [-0.25, -0.2) is 8.42 Å². The van der Waals surface area contributed by atoms with Crippen molar-refractivity contribution in [3.05, 3.63) is 28.7 Å². The number of aliphatic hydroxyl groups excluding tert-OH is 1. The first-order valence-corrected chi connectivity index (χ1v) is 7.35. The molecular formula is C11H17NO3S2. The molecule has 0 aromatic carbocycles. The lowest BCUT2D eigenvalue weighted by Crippen LogP contribution is -2.27. The van der Waals surface area contributed by atoms with Gasteiger partial charge in [0.25, 0.3) is 10.0 Å². The van der Waals surface area contributed by atoms with Gasteiger partial charge in [0.1, 0.15) is 4.21 Å². The Morgan fingerprint density at radius 2 is 2.18 bits per heavy atom. The number of hydrogen-bond acceptors (Lipinski definition) is 4. The van der Waals surface area contributed by atoms with Gasteiger partial charge in [-0.3, -0.25) is 0 Å². The quantitative estimate of drug-likeness (QED) is 0.833. The predicted molar refractivity (Wildman–Crippen MR) is 69.6 cm³/mol. The van der Waals surface area contributed by atoms with Crippen molar-refractivity contribution < 1.29 is 13.5 Å². The van der Waals surface area contributed by atoms with Crippen LogP contribution in [-0.2, 0) is 16.6 Å². The molecule has 1 aromatic rings. The summed E-state index contributed by atoms with van der Waals surface area (Å²) in [7, 11) is -1.94. The molecule has 0 fully saturated rings. The first-order valence-electron chi connectivity index (χ1n) is 5.10. The van der Waals surface area contributed by atoms with Gasteiger partial charge in [-0.05, 0) is 25.5 Å². The average molecular weight is 275 g/mol. The van der Waals surface area contributed by atoms with Gasteiger partial charge in [0.2, 0.25) is 0 Å². The molecule has 1 heterocycles. The molecule has 17 heavy (non-hydrogen) atoms. The minimum absolute atomic E-state index is 0.129. The Balaban J connectivity index is 3.08. The smallest absolute Gasteiger partial charge is 0.252 e. The van der Waals surface area contributed by atoms with E-state index in [-0.39, 0.29) is 10.8 Å². The average Bonchev–Trinajstić information content (AvgIpc) is 2.59. The number of aliphatic hydroxyl groups is 1. The fraction of sp³-hybridized carbons (Fsp3) is 0.455. The number of hydrogen-bond donors (Lipinski definition) is 1. The number of sulfonamides is 1. The molecule has 4 nitrogen and oxygen atoms in total. The number of nitrogens with zero attached hydrogens (tertiary/aromatic N) is 1. The number of rotatable bonds is 5. The topological polar surface area (TPSA) is 57.6 Å². The minimum Gasteiger partial charge on any atom is -0.391 e. The van der Waals surface area contributed by atoms with Gasteiger partial charge < -0.3 is 5.11 Å². The SMILES string of the molecule is C=C(C)CN(C)S(=O)(=O)c1cc(C)c(CO)s1. The molecule has 0 saturated carbocycles. The second-order valence-corrected chi connectivity index (χ2v) is 7.46. The molecule has 1 aromatic heterocycles. The first-order chi connectivity index (χ1) is 7.78. The Morgan fingerprint density at radius 3 is 2.59 bits per heavy atom. The summed E-state index contributed by atoms with van der Waals surface area (Å²) in [5.74, 6) is 0. The molecule has 0 aliphatic rings. The standard InChI is InChI=1S/C11H17NO3S2/c1-8(2)6-12(4)17(14,15)11-5-9(3)10(7-13)16-11/h5,13H,1,6-7H2,2-4H3. The van der Waals surface area contributed by atoms with Crippen molar-refractivity contribution in [2.45, 2.75) is 24.7 Å². The molecule has 1 N–H and O–H groups in total. The second-order valence-electron chi connectivity index (χ2n) is 4.05. The van der Waals surface area contributed by atoms with E-state index in [2.05, 4.69) is 6.58 Å². The summed E-state index contributed by atoms with van der Waals surface area (Å²) in [5, 5.41) is 9.07. The summed E-state index contributed by atoms with van der Waals surface area (Å²) in [5.41, 5.74) is 1.59. The van der Waals surface area contributed by atoms with E-state index in [4.69, 9.17) is 5.11 Å². The highest BCUT2D eigenvalue weighted by atomic mass is 32.2. The van der Waals surface area contributed by atoms with E-state index in [1.54, 1.807) is 19.9 Å². The molecule has 1 rings (SSSR count). The predicted octanol–water partition coefficient (Wildman–Crippen LogP) is 1.75. The highest BCUT2D eigenvalue weighted by Crippen LogP contribution is 2.28. The molecule has 0 aliphatic carbocycles. The maximum atomic E-state index is 12.2. The van der Waals surface area contributed by atoms with Crippen molar-refractivity contribution in [1.29, 1.82) is 0 Å². The monoisotopic (exact) mass is 275 g/mol. The van der Waals surface area contributed by atoms with Crippen LogP contribution in [0.3, 0.4) is 0 Å². The lowest BCUT2D eigenvalue weighted by Gasteiger charge is -2.15.